The molecule has 37 heavy (non-hydrogen) atoms. The number of benzene rings is 2. The first kappa shape index (κ1) is 24.7. The summed E-state index contributed by atoms with van der Waals surface area (Å²) in [5, 5.41) is 6.64. The van der Waals surface area contributed by atoms with Crippen molar-refractivity contribution in [3.8, 4) is 22.8 Å². The number of oxazole rings is 1. The third-order valence-corrected chi connectivity index (χ3v) is 6.48. The van der Waals surface area contributed by atoms with Crippen molar-refractivity contribution in [3.63, 3.8) is 0 Å². The first-order valence-corrected chi connectivity index (χ1v) is 12.2. The summed E-state index contributed by atoms with van der Waals surface area (Å²) < 4.78 is 11.6. The van der Waals surface area contributed by atoms with Crippen LogP contribution in [0, 0.1) is 6.92 Å². The van der Waals surface area contributed by atoms with Crippen LogP contribution in [0.3, 0.4) is 0 Å². The summed E-state index contributed by atoms with van der Waals surface area (Å²) >= 11 is 17.7. The van der Waals surface area contributed by atoms with Crippen molar-refractivity contribution in [2.24, 2.45) is 0 Å². The zero-order valence-electron chi connectivity index (χ0n) is 19.3. The number of carbonyl (C=O) groups excluding carboxylic acids is 1. The SMILES string of the molecule is Cc1c(NC(=S)NC(=O)C=Cc2ccc(-c3cccc(Cl)c3Cl)o2)cccc1-c1nc2ncccc2o1. The molecule has 184 valence electrons. The molecule has 0 spiro atoms. The number of pyridine rings is 1. The van der Waals surface area contributed by atoms with E-state index in [1.807, 2.05) is 31.2 Å². The first-order chi connectivity index (χ1) is 17.9. The molecular formula is C27H18Cl2N4O3S. The number of rotatable bonds is 5. The van der Waals surface area contributed by atoms with Crippen LogP contribution < -0.4 is 10.6 Å². The molecule has 0 aliphatic rings. The molecule has 2 N–H and O–H groups in total. The van der Waals surface area contributed by atoms with Crippen molar-refractivity contribution in [1.29, 1.82) is 0 Å². The molecule has 0 bridgehead atoms. The Balaban J connectivity index is 1.24. The number of hydrogen-bond donors (Lipinski definition) is 2. The van der Waals surface area contributed by atoms with Gasteiger partial charge in [0.15, 0.2) is 16.3 Å². The van der Waals surface area contributed by atoms with E-state index < -0.39 is 5.91 Å². The fourth-order valence-corrected chi connectivity index (χ4v) is 4.24. The Morgan fingerprint density at radius 1 is 1.00 bits per heavy atom. The smallest absolute Gasteiger partial charge is 0.250 e. The van der Waals surface area contributed by atoms with Crippen LogP contribution in [0.25, 0.3) is 40.1 Å². The van der Waals surface area contributed by atoms with Crippen molar-refractivity contribution in [3.05, 3.63) is 94.3 Å². The van der Waals surface area contributed by atoms with Crippen LogP contribution in [0.4, 0.5) is 5.69 Å². The van der Waals surface area contributed by atoms with E-state index in [9.17, 15) is 4.79 Å². The second-order valence-electron chi connectivity index (χ2n) is 7.90. The molecule has 1 amide bonds. The molecule has 3 aromatic heterocycles. The molecule has 0 radical (unpaired) electrons. The lowest BCUT2D eigenvalue weighted by Gasteiger charge is -2.12. The predicted octanol–water partition coefficient (Wildman–Crippen LogP) is 7.29. The number of thiocarbonyl (C=S) groups is 1. The van der Waals surface area contributed by atoms with Crippen molar-refractivity contribution in [1.82, 2.24) is 15.3 Å². The first-order valence-electron chi connectivity index (χ1n) is 11.0. The number of fused-ring (bicyclic) bond motifs is 1. The molecule has 0 atom stereocenters. The number of halogens is 2. The summed E-state index contributed by atoms with van der Waals surface area (Å²) in [7, 11) is 0. The molecule has 0 saturated carbocycles. The van der Waals surface area contributed by atoms with Gasteiger partial charge in [-0.3, -0.25) is 10.1 Å². The van der Waals surface area contributed by atoms with Gasteiger partial charge < -0.3 is 14.2 Å². The van der Waals surface area contributed by atoms with Crippen LogP contribution in [0.15, 0.2) is 81.8 Å². The summed E-state index contributed by atoms with van der Waals surface area (Å²) in [4.78, 5) is 21.1. The van der Waals surface area contributed by atoms with Crippen molar-refractivity contribution in [2.75, 3.05) is 5.32 Å². The number of nitrogens with one attached hydrogen (secondary N) is 2. The summed E-state index contributed by atoms with van der Waals surface area (Å²) in [5.41, 5.74) is 4.13. The van der Waals surface area contributed by atoms with E-state index in [4.69, 9.17) is 44.3 Å². The van der Waals surface area contributed by atoms with Gasteiger partial charge in [-0.1, -0.05) is 35.3 Å². The van der Waals surface area contributed by atoms with Gasteiger partial charge in [-0.05, 0) is 79.3 Å². The molecule has 0 aliphatic heterocycles. The van der Waals surface area contributed by atoms with Gasteiger partial charge in [0.2, 0.25) is 11.8 Å². The molecule has 2 aromatic carbocycles. The topological polar surface area (TPSA) is 93.2 Å². The Labute approximate surface area is 227 Å². The molecule has 7 nitrogen and oxygen atoms in total. The zero-order valence-corrected chi connectivity index (χ0v) is 21.6. The number of aromatic nitrogens is 2. The van der Waals surface area contributed by atoms with Crippen molar-refractivity contribution >= 4 is 69.4 Å². The van der Waals surface area contributed by atoms with Crippen LogP contribution in [-0.4, -0.2) is 21.0 Å². The van der Waals surface area contributed by atoms with E-state index in [1.54, 1.807) is 42.6 Å². The Kier molecular flexibility index (Phi) is 7.05. The van der Waals surface area contributed by atoms with Gasteiger partial charge in [0.05, 0.1) is 10.0 Å². The lowest BCUT2D eigenvalue weighted by atomic mass is 10.1. The average Bonchev–Trinajstić information content (AvgIpc) is 3.53. The normalized spacial score (nSPS) is 11.2. The monoisotopic (exact) mass is 548 g/mol. The van der Waals surface area contributed by atoms with Crippen LogP contribution in [0.5, 0.6) is 0 Å². The van der Waals surface area contributed by atoms with Gasteiger partial charge in [0.25, 0.3) is 0 Å². The summed E-state index contributed by atoms with van der Waals surface area (Å²) in [5.74, 6) is 1.03. The Bertz CT molecular complexity index is 1640. The molecule has 0 aliphatic carbocycles. The van der Waals surface area contributed by atoms with E-state index >= 15 is 0 Å². The fraction of sp³-hybridized carbons (Fsp3) is 0.0370. The minimum Gasteiger partial charge on any atom is -0.457 e. The van der Waals surface area contributed by atoms with Gasteiger partial charge >= 0.3 is 0 Å². The van der Waals surface area contributed by atoms with E-state index in [1.165, 1.54) is 12.2 Å². The third kappa shape index (κ3) is 5.41. The highest BCUT2D eigenvalue weighted by molar-refractivity contribution is 7.80. The number of furan rings is 1. The Morgan fingerprint density at radius 3 is 2.65 bits per heavy atom. The third-order valence-electron chi connectivity index (χ3n) is 5.46. The highest BCUT2D eigenvalue weighted by atomic mass is 35.5. The molecule has 5 aromatic rings. The standard InChI is InChI=1S/C27H18Cl2N4O3S/c1-15-17(26-33-25-22(36-26)9-4-14-30-25)5-3-8-20(15)31-27(37)32-23(34)13-11-16-10-12-21(35-16)18-6-2-7-19(28)24(18)29/h2-14H,1H3,(H2,31,32,34,37). The van der Waals surface area contributed by atoms with Crippen molar-refractivity contribution in [2.45, 2.75) is 6.92 Å². The molecule has 10 heteroatoms. The minimum atomic E-state index is -0.421. The summed E-state index contributed by atoms with van der Waals surface area (Å²) in [6.45, 7) is 1.91. The number of hydrogen-bond acceptors (Lipinski definition) is 6. The Morgan fingerprint density at radius 2 is 1.81 bits per heavy atom. The molecule has 0 fully saturated rings. The van der Waals surface area contributed by atoms with Gasteiger partial charge in [-0.25, -0.2) is 4.98 Å². The number of anilines is 1. The summed E-state index contributed by atoms with van der Waals surface area (Å²) in [6, 6.07) is 17.9. The number of amides is 1. The number of nitrogens with zero attached hydrogens (tertiary/aromatic N) is 2. The highest BCUT2D eigenvalue weighted by Gasteiger charge is 2.14. The van der Waals surface area contributed by atoms with Gasteiger partial charge in [0.1, 0.15) is 11.5 Å². The lowest BCUT2D eigenvalue weighted by Crippen LogP contribution is -2.33. The van der Waals surface area contributed by atoms with E-state index in [0.717, 1.165) is 11.1 Å². The second kappa shape index (κ2) is 10.6. The maximum atomic E-state index is 12.4. The number of carbonyl (C=O) groups is 1. The fourth-order valence-electron chi connectivity index (χ4n) is 3.63. The average molecular weight is 549 g/mol. The predicted molar refractivity (Wildman–Crippen MR) is 150 cm³/mol. The second-order valence-corrected chi connectivity index (χ2v) is 9.10. The summed E-state index contributed by atoms with van der Waals surface area (Å²) in [6.07, 6.45) is 4.52. The molecule has 5 rings (SSSR count). The van der Waals surface area contributed by atoms with Gasteiger partial charge in [-0.2, -0.15) is 4.98 Å². The van der Waals surface area contributed by atoms with Crippen LogP contribution in [0.1, 0.15) is 11.3 Å². The van der Waals surface area contributed by atoms with Crippen LogP contribution in [-0.2, 0) is 4.79 Å². The van der Waals surface area contributed by atoms with Crippen LogP contribution >= 0.6 is 35.4 Å². The zero-order chi connectivity index (χ0) is 25.9. The maximum absolute atomic E-state index is 12.4. The maximum Gasteiger partial charge on any atom is 0.250 e. The van der Waals surface area contributed by atoms with Gasteiger partial charge in [-0.15, -0.1) is 0 Å². The van der Waals surface area contributed by atoms with Crippen LogP contribution in [0.2, 0.25) is 10.0 Å². The quantitative estimate of drug-likeness (QED) is 0.176. The Hall–Kier alpha value is -3.98. The lowest BCUT2D eigenvalue weighted by molar-refractivity contribution is -0.115. The minimum absolute atomic E-state index is 0.139. The largest absolute Gasteiger partial charge is 0.457 e. The van der Waals surface area contributed by atoms with Gasteiger partial charge in [0, 0.05) is 29.1 Å². The van der Waals surface area contributed by atoms with E-state index in [-0.39, 0.29) is 5.11 Å². The highest BCUT2D eigenvalue weighted by Crippen LogP contribution is 2.34. The van der Waals surface area contributed by atoms with E-state index in [2.05, 4.69) is 20.6 Å². The van der Waals surface area contributed by atoms with E-state index in [0.29, 0.717) is 49.9 Å². The molecule has 0 saturated heterocycles. The molecule has 0 unspecified atom stereocenters. The molecule has 3 heterocycles. The molecular weight excluding hydrogens is 531 g/mol. The van der Waals surface area contributed by atoms with Crippen molar-refractivity contribution < 1.29 is 13.6 Å².